The molecule has 0 saturated carbocycles. The number of nitrogens with one attached hydrogen (secondary N) is 2. The monoisotopic (exact) mass is 441 g/mol. The van der Waals surface area contributed by atoms with Crippen molar-refractivity contribution >= 4 is 29.1 Å². The molecular weight excluding hydrogens is 418 g/mol. The minimum absolute atomic E-state index is 0.138. The lowest BCUT2D eigenvalue weighted by atomic mass is 9.85. The summed E-state index contributed by atoms with van der Waals surface area (Å²) in [4.78, 5) is 17.7. The summed E-state index contributed by atoms with van der Waals surface area (Å²) in [6.45, 7) is 4.41. The molecule has 0 bridgehead atoms. The number of carbonyl (C=O) groups excluding carboxylic acids is 1. The number of methoxy groups -OCH3 is 1. The Morgan fingerprint density at radius 3 is 2.71 bits per heavy atom. The van der Waals surface area contributed by atoms with Gasteiger partial charge in [0, 0.05) is 16.8 Å². The predicted molar refractivity (Wildman–Crippen MR) is 119 cm³/mol. The van der Waals surface area contributed by atoms with E-state index in [1.54, 1.807) is 36.1 Å². The summed E-state index contributed by atoms with van der Waals surface area (Å²) in [5.41, 5.74) is 1.55. The molecule has 1 aliphatic rings. The number of nitrogens with zero attached hydrogens (tertiary/aromatic N) is 3. The molecular formula is C22H24ClN5O3. The zero-order valence-electron chi connectivity index (χ0n) is 17.5. The normalized spacial score (nSPS) is 19.8. The van der Waals surface area contributed by atoms with Crippen LogP contribution in [0.25, 0.3) is 0 Å². The molecule has 0 spiro atoms. The number of amides is 1. The van der Waals surface area contributed by atoms with Gasteiger partial charge in [-0.1, -0.05) is 17.7 Å². The number of fused-ring (bicyclic) bond motifs is 1. The summed E-state index contributed by atoms with van der Waals surface area (Å²) in [6, 6.07) is 12.1. The molecule has 162 valence electrons. The molecule has 3 atom stereocenters. The summed E-state index contributed by atoms with van der Waals surface area (Å²) >= 11 is 5.97. The van der Waals surface area contributed by atoms with Gasteiger partial charge in [-0.25, -0.2) is 4.68 Å². The average Bonchev–Trinajstić information content (AvgIpc) is 3.23. The maximum atomic E-state index is 13.4. The van der Waals surface area contributed by atoms with E-state index in [-0.39, 0.29) is 18.0 Å². The van der Waals surface area contributed by atoms with Crippen molar-refractivity contribution in [3.63, 3.8) is 0 Å². The van der Waals surface area contributed by atoms with Crippen LogP contribution in [-0.2, 0) is 4.79 Å². The molecule has 0 unspecified atom stereocenters. The molecule has 0 aliphatic carbocycles. The van der Waals surface area contributed by atoms with Crippen LogP contribution in [0.5, 0.6) is 11.5 Å². The molecule has 3 aromatic rings. The van der Waals surface area contributed by atoms with Crippen LogP contribution in [0.2, 0.25) is 5.02 Å². The van der Waals surface area contributed by atoms with Gasteiger partial charge in [0.05, 0.1) is 25.7 Å². The van der Waals surface area contributed by atoms with Crippen molar-refractivity contribution in [1.82, 2.24) is 14.8 Å². The number of rotatable bonds is 6. The van der Waals surface area contributed by atoms with E-state index >= 15 is 0 Å². The van der Waals surface area contributed by atoms with Gasteiger partial charge in [0.25, 0.3) is 0 Å². The molecule has 9 heteroatoms. The fourth-order valence-electron chi connectivity index (χ4n) is 3.90. The van der Waals surface area contributed by atoms with E-state index in [9.17, 15) is 4.79 Å². The highest BCUT2D eigenvalue weighted by molar-refractivity contribution is 6.30. The van der Waals surface area contributed by atoms with Gasteiger partial charge in [-0.3, -0.25) is 4.79 Å². The van der Waals surface area contributed by atoms with E-state index in [1.165, 1.54) is 6.33 Å². The van der Waals surface area contributed by atoms with Crippen molar-refractivity contribution in [3.05, 3.63) is 59.4 Å². The van der Waals surface area contributed by atoms with Gasteiger partial charge >= 0.3 is 0 Å². The number of benzene rings is 2. The summed E-state index contributed by atoms with van der Waals surface area (Å²) < 4.78 is 12.9. The molecule has 1 aliphatic heterocycles. The Labute approximate surface area is 185 Å². The molecule has 8 nitrogen and oxygen atoms in total. The largest absolute Gasteiger partial charge is 0.493 e. The number of anilines is 2. The standard InChI is InChI=1S/C22H24ClN5O3/c1-4-31-17-10-5-14(11-18(17)30-3)20-19(13(2)26-22-24-12-25-28(20)22)21(29)27-16-8-6-15(23)7-9-16/h5-13,19-20H,4H2,1-3H3,(H,27,29)(H,24,25,26)/t13-,19-,20-/m0/s1. The first-order valence-electron chi connectivity index (χ1n) is 10.0. The molecule has 2 heterocycles. The lowest BCUT2D eigenvalue weighted by Gasteiger charge is -2.37. The fraction of sp³-hybridized carbons (Fsp3) is 0.318. The van der Waals surface area contributed by atoms with Crippen LogP contribution in [-0.4, -0.2) is 40.4 Å². The number of halogens is 1. The van der Waals surface area contributed by atoms with Gasteiger partial charge < -0.3 is 20.1 Å². The first kappa shape index (κ1) is 21.0. The topological polar surface area (TPSA) is 90.3 Å². The van der Waals surface area contributed by atoms with Gasteiger partial charge in [0.2, 0.25) is 11.9 Å². The smallest absolute Gasteiger partial charge is 0.232 e. The van der Waals surface area contributed by atoms with Gasteiger partial charge in [0.15, 0.2) is 11.5 Å². The number of hydrogen-bond donors (Lipinski definition) is 2. The number of carbonyl (C=O) groups is 1. The van der Waals surface area contributed by atoms with Crippen LogP contribution in [0, 0.1) is 5.92 Å². The second-order valence-corrected chi connectivity index (χ2v) is 7.71. The molecule has 0 fully saturated rings. The lowest BCUT2D eigenvalue weighted by molar-refractivity contribution is -0.121. The Bertz CT molecular complexity index is 1070. The molecule has 1 amide bonds. The van der Waals surface area contributed by atoms with E-state index in [2.05, 4.69) is 20.7 Å². The Kier molecular flexibility index (Phi) is 5.99. The van der Waals surface area contributed by atoms with E-state index in [1.807, 2.05) is 32.0 Å². The summed E-state index contributed by atoms with van der Waals surface area (Å²) in [6.07, 6.45) is 1.48. The highest BCUT2D eigenvalue weighted by Crippen LogP contribution is 2.39. The Hall–Kier alpha value is -3.26. The van der Waals surface area contributed by atoms with Crippen molar-refractivity contribution in [2.45, 2.75) is 25.9 Å². The van der Waals surface area contributed by atoms with Crippen LogP contribution < -0.4 is 20.1 Å². The Morgan fingerprint density at radius 2 is 2.00 bits per heavy atom. The summed E-state index contributed by atoms with van der Waals surface area (Å²) in [7, 11) is 1.60. The highest BCUT2D eigenvalue weighted by atomic mass is 35.5. The van der Waals surface area contributed by atoms with Crippen LogP contribution >= 0.6 is 11.6 Å². The third kappa shape index (κ3) is 4.16. The van der Waals surface area contributed by atoms with Crippen LogP contribution in [0.1, 0.15) is 25.5 Å². The number of hydrogen-bond acceptors (Lipinski definition) is 6. The second kappa shape index (κ2) is 8.85. The fourth-order valence-corrected chi connectivity index (χ4v) is 4.02. The first-order valence-corrected chi connectivity index (χ1v) is 10.4. The van der Waals surface area contributed by atoms with E-state index in [0.717, 1.165) is 5.56 Å². The third-order valence-corrected chi connectivity index (χ3v) is 5.57. The van der Waals surface area contributed by atoms with Crippen molar-refractivity contribution in [2.75, 3.05) is 24.4 Å². The lowest BCUT2D eigenvalue weighted by Crippen LogP contribution is -2.46. The first-order chi connectivity index (χ1) is 15.0. The van der Waals surface area contributed by atoms with Crippen LogP contribution in [0.4, 0.5) is 11.6 Å². The average molecular weight is 442 g/mol. The van der Waals surface area contributed by atoms with Crippen molar-refractivity contribution in [3.8, 4) is 11.5 Å². The Balaban J connectivity index is 1.73. The Morgan fingerprint density at radius 1 is 1.23 bits per heavy atom. The molecule has 2 aromatic carbocycles. The molecule has 1 aromatic heterocycles. The zero-order chi connectivity index (χ0) is 22.0. The minimum Gasteiger partial charge on any atom is -0.493 e. The summed E-state index contributed by atoms with van der Waals surface area (Å²) in [5, 5.41) is 11.3. The van der Waals surface area contributed by atoms with E-state index < -0.39 is 5.92 Å². The maximum Gasteiger partial charge on any atom is 0.232 e. The third-order valence-electron chi connectivity index (χ3n) is 5.32. The quantitative estimate of drug-likeness (QED) is 0.601. The minimum atomic E-state index is -0.465. The summed E-state index contributed by atoms with van der Waals surface area (Å²) in [5.74, 6) is 1.26. The van der Waals surface area contributed by atoms with Gasteiger partial charge in [0.1, 0.15) is 6.33 Å². The number of aromatic nitrogens is 3. The van der Waals surface area contributed by atoms with E-state index in [4.69, 9.17) is 21.1 Å². The van der Waals surface area contributed by atoms with Crippen LogP contribution in [0.15, 0.2) is 48.8 Å². The maximum absolute atomic E-state index is 13.4. The van der Waals surface area contributed by atoms with Crippen molar-refractivity contribution in [2.24, 2.45) is 5.92 Å². The SMILES string of the molecule is CCOc1ccc([C@H]2[C@@H](C(=O)Nc3ccc(Cl)cc3)[C@H](C)Nc3ncnn32)cc1OC. The molecule has 0 radical (unpaired) electrons. The van der Waals surface area contributed by atoms with Gasteiger partial charge in [-0.2, -0.15) is 10.1 Å². The zero-order valence-corrected chi connectivity index (χ0v) is 18.3. The van der Waals surface area contributed by atoms with Gasteiger partial charge in [-0.15, -0.1) is 0 Å². The van der Waals surface area contributed by atoms with Crippen molar-refractivity contribution in [1.29, 1.82) is 0 Å². The van der Waals surface area contributed by atoms with Gasteiger partial charge in [-0.05, 0) is 55.8 Å². The second-order valence-electron chi connectivity index (χ2n) is 7.27. The number of ether oxygens (including phenoxy) is 2. The molecule has 2 N–H and O–H groups in total. The molecule has 4 rings (SSSR count). The molecule has 0 saturated heterocycles. The van der Waals surface area contributed by atoms with Crippen molar-refractivity contribution < 1.29 is 14.3 Å². The predicted octanol–water partition coefficient (Wildman–Crippen LogP) is 4.00. The van der Waals surface area contributed by atoms with E-state index in [0.29, 0.717) is 34.8 Å². The van der Waals surface area contributed by atoms with Crippen LogP contribution in [0.3, 0.4) is 0 Å². The molecule has 31 heavy (non-hydrogen) atoms. The highest BCUT2D eigenvalue weighted by Gasteiger charge is 2.41.